The zero-order valence-corrected chi connectivity index (χ0v) is 19.6. The summed E-state index contributed by atoms with van der Waals surface area (Å²) in [4.78, 5) is 25.7. The van der Waals surface area contributed by atoms with Crippen LogP contribution in [0.5, 0.6) is 0 Å². The number of amides is 1. The molecule has 0 aliphatic carbocycles. The van der Waals surface area contributed by atoms with Crippen LogP contribution < -0.4 is 5.32 Å². The summed E-state index contributed by atoms with van der Waals surface area (Å²) in [6.07, 6.45) is 1.62. The zero-order chi connectivity index (χ0) is 24.0. The average Bonchev–Trinajstić information content (AvgIpc) is 3.21. The molecule has 0 bridgehead atoms. The summed E-state index contributed by atoms with van der Waals surface area (Å²) in [5, 5.41) is 14.3. The topological polar surface area (TPSA) is 99.0 Å². The predicted molar refractivity (Wildman–Crippen MR) is 127 cm³/mol. The van der Waals surface area contributed by atoms with E-state index in [4.69, 9.17) is 4.74 Å². The molecule has 0 atom stereocenters. The molecule has 8 heteroatoms. The van der Waals surface area contributed by atoms with Gasteiger partial charge in [0.05, 0.1) is 0 Å². The number of tetrazole rings is 1. The van der Waals surface area contributed by atoms with Crippen molar-refractivity contribution in [2.75, 3.05) is 11.9 Å². The second-order valence-corrected chi connectivity index (χ2v) is 8.32. The second-order valence-electron chi connectivity index (χ2n) is 8.32. The number of anilines is 1. The third-order valence-corrected chi connectivity index (χ3v) is 5.14. The van der Waals surface area contributed by atoms with Crippen molar-refractivity contribution in [1.29, 1.82) is 0 Å². The van der Waals surface area contributed by atoms with E-state index < -0.39 is 18.5 Å². The molecule has 0 radical (unpaired) electrons. The summed E-state index contributed by atoms with van der Waals surface area (Å²) in [6.45, 7) is 9.54. The Morgan fingerprint density at radius 2 is 1.64 bits per heavy atom. The van der Waals surface area contributed by atoms with E-state index in [1.54, 1.807) is 13.0 Å². The van der Waals surface area contributed by atoms with Gasteiger partial charge in [-0.15, -0.1) is 5.10 Å². The number of rotatable bonds is 8. The molecule has 0 saturated heterocycles. The molecule has 1 amide bonds. The molecule has 0 fully saturated rings. The minimum Gasteiger partial charge on any atom is -0.451 e. The second kappa shape index (κ2) is 10.7. The number of carbonyl (C=O) groups excluding carboxylic acids is 2. The average molecular weight is 448 g/mol. The molecule has 0 aliphatic heterocycles. The lowest BCUT2D eigenvalue weighted by atomic mass is 9.92. The molecule has 1 heterocycles. The van der Waals surface area contributed by atoms with Crippen LogP contribution in [-0.2, 0) is 14.3 Å². The fraction of sp³-hybridized carbons (Fsp3) is 0.320. The van der Waals surface area contributed by atoms with Crippen molar-refractivity contribution in [3.8, 4) is 0 Å². The molecule has 1 N–H and O–H groups in total. The summed E-state index contributed by atoms with van der Waals surface area (Å²) in [6, 6.07) is 15.3. The monoisotopic (exact) mass is 447 g/mol. The first-order valence-electron chi connectivity index (χ1n) is 10.9. The van der Waals surface area contributed by atoms with Crippen molar-refractivity contribution in [3.63, 3.8) is 0 Å². The Hall–Kier alpha value is -3.81. The van der Waals surface area contributed by atoms with Gasteiger partial charge in [0, 0.05) is 5.69 Å². The van der Waals surface area contributed by atoms with Crippen LogP contribution in [0.1, 0.15) is 62.0 Å². The van der Waals surface area contributed by atoms with Gasteiger partial charge < -0.3 is 10.1 Å². The summed E-state index contributed by atoms with van der Waals surface area (Å²) in [5.74, 6) is -0.239. The Morgan fingerprint density at radius 3 is 2.18 bits per heavy atom. The summed E-state index contributed by atoms with van der Waals surface area (Å²) >= 11 is 0. The van der Waals surface area contributed by atoms with Crippen molar-refractivity contribution >= 4 is 29.3 Å². The molecular weight excluding hydrogens is 418 g/mol. The van der Waals surface area contributed by atoms with Gasteiger partial charge in [-0.1, -0.05) is 76.2 Å². The molecule has 0 spiro atoms. The number of carbonyl (C=O) groups is 2. The standard InChI is InChI=1S/C25H29N5O3/c1-16(2)20-12-9-13-21(17(3)4)24(20)26-23(31)15-33-25(32)22(30-18(5)27-28-29-30)14-19-10-7-6-8-11-19/h6-14,16-17H,15H2,1-5H3,(H,26,31)/b22-14+. The molecule has 33 heavy (non-hydrogen) atoms. The largest absolute Gasteiger partial charge is 0.451 e. The Bertz CT molecular complexity index is 1120. The lowest BCUT2D eigenvalue weighted by Crippen LogP contribution is -2.24. The van der Waals surface area contributed by atoms with Crippen molar-refractivity contribution in [1.82, 2.24) is 20.2 Å². The summed E-state index contributed by atoms with van der Waals surface area (Å²) < 4.78 is 6.64. The number of aryl methyl sites for hydroxylation is 1. The number of para-hydroxylation sites is 1. The van der Waals surface area contributed by atoms with Crippen LogP contribution in [0.25, 0.3) is 11.8 Å². The van der Waals surface area contributed by atoms with E-state index in [9.17, 15) is 9.59 Å². The minimum atomic E-state index is -0.703. The SMILES string of the molecule is Cc1nnnn1/C(=C/c1ccccc1)C(=O)OCC(=O)Nc1c(C(C)C)cccc1C(C)C. The van der Waals surface area contributed by atoms with Gasteiger partial charge in [-0.25, -0.2) is 4.79 Å². The van der Waals surface area contributed by atoms with Crippen LogP contribution in [0.4, 0.5) is 5.69 Å². The third kappa shape index (κ3) is 5.91. The smallest absolute Gasteiger partial charge is 0.357 e. The van der Waals surface area contributed by atoms with E-state index in [0.29, 0.717) is 5.82 Å². The van der Waals surface area contributed by atoms with Crippen LogP contribution in [0.3, 0.4) is 0 Å². The number of esters is 1. The fourth-order valence-electron chi connectivity index (χ4n) is 3.44. The molecule has 0 saturated carbocycles. The molecule has 0 unspecified atom stereocenters. The first-order chi connectivity index (χ1) is 15.8. The van der Waals surface area contributed by atoms with Gasteiger partial charge >= 0.3 is 5.97 Å². The van der Waals surface area contributed by atoms with Crippen LogP contribution in [0.2, 0.25) is 0 Å². The number of aromatic nitrogens is 4. The molecular formula is C25H29N5O3. The Balaban J connectivity index is 1.79. The van der Waals surface area contributed by atoms with E-state index in [0.717, 1.165) is 22.4 Å². The molecule has 2 aromatic carbocycles. The fourth-order valence-corrected chi connectivity index (χ4v) is 3.44. The third-order valence-electron chi connectivity index (χ3n) is 5.14. The highest BCUT2D eigenvalue weighted by Gasteiger charge is 2.20. The molecule has 1 aromatic heterocycles. The molecule has 3 rings (SSSR count). The van der Waals surface area contributed by atoms with E-state index in [1.807, 2.05) is 48.5 Å². The highest BCUT2D eigenvalue weighted by atomic mass is 16.5. The lowest BCUT2D eigenvalue weighted by molar-refractivity contribution is -0.141. The van der Waals surface area contributed by atoms with E-state index in [1.165, 1.54) is 4.68 Å². The number of nitrogens with one attached hydrogen (secondary N) is 1. The number of hydrogen-bond donors (Lipinski definition) is 1. The highest BCUT2D eigenvalue weighted by Crippen LogP contribution is 2.32. The number of benzene rings is 2. The number of ether oxygens (including phenoxy) is 1. The maximum Gasteiger partial charge on any atom is 0.357 e. The van der Waals surface area contributed by atoms with Crippen molar-refractivity contribution in [2.45, 2.75) is 46.5 Å². The van der Waals surface area contributed by atoms with Gasteiger partial charge in [-0.05, 0) is 52.0 Å². The molecule has 8 nitrogen and oxygen atoms in total. The van der Waals surface area contributed by atoms with Gasteiger partial charge in [0.15, 0.2) is 18.1 Å². The Kier molecular flexibility index (Phi) is 7.71. The maximum atomic E-state index is 12.9. The van der Waals surface area contributed by atoms with E-state index in [-0.39, 0.29) is 17.5 Å². The van der Waals surface area contributed by atoms with Crippen LogP contribution in [-0.4, -0.2) is 38.7 Å². The number of hydrogen-bond acceptors (Lipinski definition) is 6. The van der Waals surface area contributed by atoms with Crippen LogP contribution in [0, 0.1) is 6.92 Å². The van der Waals surface area contributed by atoms with Crippen LogP contribution in [0.15, 0.2) is 48.5 Å². The summed E-state index contributed by atoms with van der Waals surface area (Å²) in [7, 11) is 0. The Morgan fingerprint density at radius 1 is 1.00 bits per heavy atom. The molecule has 0 aliphatic rings. The van der Waals surface area contributed by atoms with Crippen molar-refractivity contribution < 1.29 is 14.3 Å². The van der Waals surface area contributed by atoms with Crippen molar-refractivity contribution in [2.24, 2.45) is 0 Å². The zero-order valence-electron chi connectivity index (χ0n) is 19.6. The Labute approximate surface area is 193 Å². The van der Waals surface area contributed by atoms with Gasteiger partial charge in [-0.2, -0.15) is 4.68 Å². The summed E-state index contributed by atoms with van der Waals surface area (Å²) in [5.41, 5.74) is 3.74. The van der Waals surface area contributed by atoms with Gasteiger partial charge in [0.25, 0.3) is 5.91 Å². The normalized spacial score (nSPS) is 11.7. The first-order valence-corrected chi connectivity index (χ1v) is 10.9. The molecule has 172 valence electrons. The van der Waals surface area contributed by atoms with Gasteiger partial charge in [0.1, 0.15) is 0 Å². The first kappa shape index (κ1) is 23.8. The molecule has 3 aromatic rings. The van der Waals surface area contributed by atoms with E-state index >= 15 is 0 Å². The van der Waals surface area contributed by atoms with Gasteiger partial charge in [-0.3, -0.25) is 4.79 Å². The quantitative estimate of drug-likeness (QED) is 0.406. The van der Waals surface area contributed by atoms with Gasteiger partial charge in [0.2, 0.25) is 0 Å². The lowest BCUT2D eigenvalue weighted by Gasteiger charge is -2.20. The number of nitrogens with zero attached hydrogens (tertiary/aromatic N) is 4. The maximum absolute atomic E-state index is 12.9. The van der Waals surface area contributed by atoms with Crippen LogP contribution >= 0.6 is 0 Å². The predicted octanol–water partition coefficient (Wildman–Crippen LogP) is 4.41. The van der Waals surface area contributed by atoms with E-state index in [2.05, 4.69) is 48.5 Å². The highest BCUT2D eigenvalue weighted by molar-refractivity contribution is 6.15. The van der Waals surface area contributed by atoms with Crippen molar-refractivity contribution in [3.05, 3.63) is 71.0 Å². The minimum absolute atomic E-state index is 0.113.